The number of hydrogen-bond donors (Lipinski definition) is 1. The molecule has 0 radical (unpaired) electrons. The third kappa shape index (κ3) is 2.11. The average Bonchev–Trinajstić information content (AvgIpc) is 2.52. The number of nitrogens with zero attached hydrogens (tertiary/aromatic N) is 1. The molecular formula is C9H12N2O. The van der Waals surface area contributed by atoms with Gasteiger partial charge in [0.15, 0.2) is 0 Å². The molecule has 0 atom stereocenters. The first-order valence-electron chi connectivity index (χ1n) is 4.05. The molecule has 1 rings (SSSR count). The second kappa shape index (κ2) is 4.58. The highest BCUT2D eigenvalue weighted by molar-refractivity contribution is 5.30. The number of rotatable bonds is 4. The lowest BCUT2D eigenvalue weighted by molar-refractivity contribution is 0.482. The minimum Gasteiger partial charge on any atom is -0.467 e. The third-order valence-corrected chi connectivity index (χ3v) is 1.58. The van der Waals surface area contributed by atoms with E-state index >= 15 is 0 Å². The van der Waals surface area contributed by atoms with E-state index < -0.39 is 0 Å². The predicted octanol–water partition coefficient (Wildman–Crippen LogP) is 1.65. The molecule has 0 saturated carbocycles. The molecule has 1 aromatic rings. The predicted molar refractivity (Wildman–Crippen MR) is 45.4 cm³/mol. The summed E-state index contributed by atoms with van der Waals surface area (Å²) in [6.07, 6.45) is 2.63. The summed E-state index contributed by atoms with van der Waals surface area (Å²) in [6.45, 7) is 3.69. The molecule has 0 fully saturated rings. The van der Waals surface area contributed by atoms with Crippen molar-refractivity contribution in [2.45, 2.75) is 19.9 Å². The highest BCUT2D eigenvalue weighted by atomic mass is 16.3. The molecule has 1 aromatic heterocycles. The van der Waals surface area contributed by atoms with Gasteiger partial charge >= 0.3 is 0 Å². The first-order chi connectivity index (χ1) is 5.88. The van der Waals surface area contributed by atoms with Crippen LogP contribution in [0.2, 0.25) is 0 Å². The van der Waals surface area contributed by atoms with Gasteiger partial charge in [-0.05, 0) is 19.0 Å². The van der Waals surface area contributed by atoms with Crippen molar-refractivity contribution in [3.63, 3.8) is 0 Å². The van der Waals surface area contributed by atoms with E-state index in [2.05, 4.69) is 18.3 Å². The first-order valence-corrected chi connectivity index (χ1v) is 4.05. The van der Waals surface area contributed by atoms with Gasteiger partial charge in [-0.25, -0.2) is 0 Å². The van der Waals surface area contributed by atoms with Gasteiger partial charge in [-0.2, -0.15) is 5.26 Å². The molecule has 0 saturated heterocycles. The number of hydrogen-bond acceptors (Lipinski definition) is 3. The fraction of sp³-hybridized carbons (Fsp3) is 0.444. The molecule has 0 amide bonds. The van der Waals surface area contributed by atoms with Gasteiger partial charge in [-0.3, -0.25) is 0 Å². The van der Waals surface area contributed by atoms with E-state index in [4.69, 9.17) is 9.68 Å². The first kappa shape index (κ1) is 8.82. The zero-order chi connectivity index (χ0) is 8.81. The molecule has 12 heavy (non-hydrogen) atoms. The van der Waals surface area contributed by atoms with E-state index in [0.29, 0.717) is 12.1 Å². The Kier molecular flexibility index (Phi) is 3.36. The molecule has 0 aliphatic heterocycles. The highest BCUT2D eigenvalue weighted by Gasteiger charge is 2.03. The Bertz CT molecular complexity index is 272. The highest BCUT2D eigenvalue weighted by Crippen LogP contribution is 2.07. The summed E-state index contributed by atoms with van der Waals surface area (Å²) in [5, 5.41) is 11.8. The second-order valence-corrected chi connectivity index (χ2v) is 2.55. The Hall–Kier alpha value is -1.27. The second-order valence-electron chi connectivity index (χ2n) is 2.55. The van der Waals surface area contributed by atoms with Crippen LogP contribution in [0.1, 0.15) is 24.7 Å². The van der Waals surface area contributed by atoms with Crippen molar-refractivity contribution in [3.05, 3.63) is 23.7 Å². The molecule has 0 spiro atoms. The minimum absolute atomic E-state index is 0.624. The van der Waals surface area contributed by atoms with Crippen molar-refractivity contribution in [1.82, 2.24) is 5.32 Å². The lowest BCUT2D eigenvalue weighted by Gasteiger charge is -1.98. The Morgan fingerprint density at radius 2 is 2.50 bits per heavy atom. The maximum atomic E-state index is 8.63. The molecule has 0 aliphatic carbocycles. The molecule has 3 heteroatoms. The molecule has 0 bridgehead atoms. The topological polar surface area (TPSA) is 49.0 Å². The summed E-state index contributed by atoms with van der Waals surface area (Å²) in [5.74, 6) is 0.728. The van der Waals surface area contributed by atoms with Crippen LogP contribution in [0, 0.1) is 11.3 Å². The van der Waals surface area contributed by atoms with Crippen LogP contribution in [0.4, 0.5) is 0 Å². The van der Waals surface area contributed by atoms with E-state index in [1.165, 1.54) is 0 Å². The van der Waals surface area contributed by atoms with Crippen molar-refractivity contribution >= 4 is 0 Å². The monoisotopic (exact) mass is 164 g/mol. The third-order valence-electron chi connectivity index (χ3n) is 1.58. The van der Waals surface area contributed by atoms with Crippen LogP contribution < -0.4 is 5.32 Å². The zero-order valence-electron chi connectivity index (χ0n) is 7.13. The van der Waals surface area contributed by atoms with Crippen LogP contribution in [0.25, 0.3) is 0 Å². The Morgan fingerprint density at radius 3 is 3.17 bits per heavy atom. The van der Waals surface area contributed by atoms with Crippen molar-refractivity contribution in [3.8, 4) is 6.07 Å². The van der Waals surface area contributed by atoms with Gasteiger partial charge in [-0.1, -0.05) is 6.92 Å². The van der Waals surface area contributed by atoms with Gasteiger partial charge in [-0.15, -0.1) is 0 Å². The Morgan fingerprint density at radius 1 is 1.67 bits per heavy atom. The summed E-state index contributed by atoms with van der Waals surface area (Å²) in [6, 6.07) is 3.75. The quantitative estimate of drug-likeness (QED) is 0.688. The number of nitrogens with one attached hydrogen (secondary N) is 1. The number of furan rings is 1. The van der Waals surface area contributed by atoms with E-state index in [-0.39, 0.29) is 0 Å². The smallest absolute Gasteiger partial charge is 0.135 e. The van der Waals surface area contributed by atoms with E-state index in [1.807, 2.05) is 0 Å². The van der Waals surface area contributed by atoms with E-state index in [0.717, 1.165) is 18.7 Å². The molecule has 1 heterocycles. The van der Waals surface area contributed by atoms with Crippen LogP contribution in [-0.2, 0) is 6.54 Å². The van der Waals surface area contributed by atoms with Gasteiger partial charge in [0, 0.05) is 0 Å². The lowest BCUT2D eigenvalue weighted by atomic mass is 10.3. The maximum Gasteiger partial charge on any atom is 0.135 e. The zero-order valence-corrected chi connectivity index (χ0v) is 7.13. The molecule has 0 aromatic carbocycles. The molecule has 3 nitrogen and oxygen atoms in total. The van der Waals surface area contributed by atoms with Gasteiger partial charge in [0.2, 0.25) is 0 Å². The van der Waals surface area contributed by atoms with Crippen molar-refractivity contribution in [2.75, 3.05) is 6.54 Å². The summed E-state index contributed by atoms with van der Waals surface area (Å²) >= 11 is 0. The molecule has 64 valence electrons. The standard InChI is InChI=1S/C9H12N2O/c1-2-4-11-7-9-8(6-10)3-5-12-9/h3,5,11H,2,4,7H2,1H3. The lowest BCUT2D eigenvalue weighted by Crippen LogP contribution is -2.13. The summed E-state index contributed by atoms with van der Waals surface area (Å²) in [4.78, 5) is 0. The summed E-state index contributed by atoms with van der Waals surface area (Å²) in [7, 11) is 0. The van der Waals surface area contributed by atoms with E-state index in [9.17, 15) is 0 Å². The van der Waals surface area contributed by atoms with Crippen LogP contribution in [-0.4, -0.2) is 6.54 Å². The average molecular weight is 164 g/mol. The minimum atomic E-state index is 0.624. The van der Waals surface area contributed by atoms with Crippen molar-refractivity contribution in [1.29, 1.82) is 5.26 Å². The van der Waals surface area contributed by atoms with Crippen molar-refractivity contribution in [2.24, 2.45) is 0 Å². The van der Waals surface area contributed by atoms with Gasteiger partial charge < -0.3 is 9.73 Å². The maximum absolute atomic E-state index is 8.63. The fourth-order valence-corrected chi connectivity index (χ4v) is 0.956. The molecular weight excluding hydrogens is 152 g/mol. The van der Waals surface area contributed by atoms with Crippen molar-refractivity contribution < 1.29 is 4.42 Å². The van der Waals surface area contributed by atoms with Crippen LogP contribution in [0.15, 0.2) is 16.7 Å². The molecule has 0 unspecified atom stereocenters. The van der Waals surface area contributed by atoms with Crippen LogP contribution in [0.3, 0.4) is 0 Å². The van der Waals surface area contributed by atoms with E-state index in [1.54, 1.807) is 12.3 Å². The normalized spacial score (nSPS) is 9.67. The van der Waals surface area contributed by atoms with Gasteiger partial charge in [0.05, 0.1) is 18.4 Å². The van der Waals surface area contributed by atoms with Crippen LogP contribution >= 0.6 is 0 Å². The fourth-order valence-electron chi connectivity index (χ4n) is 0.956. The summed E-state index contributed by atoms with van der Waals surface area (Å²) < 4.78 is 5.12. The largest absolute Gasteiger partial charge is 0.467 e. The van der Waals surface area contributed by atoms with Crippen LogP contribution in [0.5, 0.6) is 0 Å². The number of nitriles is 1. The molecule has 1 N–H and O–H groups in total. The SMILES string of the molecule is CCCNCc1occc1C#N. The van der Waals surface area contributed by atoms with Gasteiger partial charge in [0.25, 0.3) is 0 Å². The Labute approximate surface area is 72.0 Å². The Balaban J connectivity index is 2.46. The summed E-state index contributed by atoms with van der Waals surface area (Å²) in [5.41, 5.74) is 0.624. The van der Waals surface area contributed by atoms with Gasteiger partial charge in [0.1, 0.15) is 11.8 Å². The molecule has 0 aliphatic rings.